The molecule has 4 rings (SSSR count). The molecule has 0 saturated carbocycles. The van der Waals surface area contributed by atoms with Crippen molar-refractivity contribution in [2.45, 2.75) is 0 Å². The van der Waals surface area contributed by atoms with E-state index in [1.165, 1.54) is 10.8 Å². The minimum Gasteiger partial charge on any atom is -0.321 e. The van der Waals surface area contributed by atoms with Gasteiger partial charge in [0, 0.05) is 16.8 Å². The van der Waals surface area contributed by atoms with Crippen LogP contribution < -0.4 is 5.32 Å². The van der Waals surface area contributed by atoms with Crippen LogP contribution in [0.4, 0.5) is 0 Å². The molecule has 0 aliphatic carbocycles. The van der Waals surface area contributed by atoms with Gasteiger partial charge in [-0.15, -0.1) is 0 Å². The molecular formula is C19H13NO. The zero-order valence-corrected chi connectivity index (χ0v) is 11.3. The predicted octanol–water partition coefficient (Wildman–Crippen LogP) is 4.08. The SMILES string of the molecule is O=C1N/C(=C\c2cccc3ccccc23)c2ccccc21. The van der Waals surface area contributed by atoms with Gasteiger partial charge in [-0.1, -0.05) is 60.7 Å². The van der Waals surface area contributed by atoms with E-state index in [1.54, 1.807) is 0 Å². The number of hydrogen-bond acceptors (Lipinski definition) is 1. The number of hydrogen-bond donors (Lipinski definition) is 1. The molecule has 1 N–H and O–H groups in total. The number of fused-ring (bicyclic) bond motifs is 2. The zero-order valence-electron chi connectivity index (χ0n) is 11.3. The van der Waals surface area contributed by atoms with Gasteiger partial charge in [0.05, 0.1) is 0 Å². The summed E-state index contributed by atoms with van der Waals surface area (Å²) >= 11 is 0. The molecule has 1 amide bonds. The average molecular weight is 271 g/mol. The van der Waals surface area contributed by atoms with E-state index in [4.69, 9.17) is 0 Å². The third-order valence-corrected chi connectivity index (χ3v) is 3.83. The summed E-state index contributed by atoms with van der Waals surface area (Å²) in [4.78, 5) is 12.0. The van der Waals surface area contributed by atoms with Gasteiger partial charge < -0.3 is 5.32 Å². The van der Waals surface area contributed by atoms with Crippen molar-refractivity contribution in [2.75, 3.05) is 0 Å². The summed E-state index contributed by atoms with van der Waals surface area (Å²) < 4.78 is 0. The number of carbonyl (C=O) groups excluding carboxylic acids is 1. The Balaban J connectivity index is 1.91. The van der Waals surface area contributed by atoms with Crippen molar-refractivity contribution in [3.05, 3.63) is 83.4 Å². The zero-order chi connectivity index (χ0) is 14.2. The topological polar surface area (TPSA) is 29.1 Å². The van der Waals surface area contributed by atoms with E-state index in [-0.39, 0.29) is 5.91 Å². The van der Waals surface area contributed by atoms with Gasteiger partial charge in [-0.3, -0.25) is 4.79 Å². The molecule has 2 nitrogen and oxygen atoms in total. The largest absolute Gasteiger partial charge is 0.321 e. The van der Waals surface area contributed by atoms with Crippen LogP contribution in [0.1, 0.15) is 21.5 Å². The summed E-state index contributed by atoms with van der Waals surface area (Å²) in [6.07, 6.45) is 2.05. The van der Waals surface area contributed by atoms with Crippen LogP contribution in [-0.2, 0) is 0 Å². The maximum atomic E-state index is 12.0. The first-order valence-corrected chi connectivity index (χ1v) is 6.93. The molecule has 3 aromatic rings. The highest BCUT2D eigenvalue weighted by Crippen LogP contribution is 2.28. The molecule has 1 aliphatic heterocycles. The smallest absolute Gasteiger partial charge is 0.256 e. The summed E-state index contributed by atoms with van der Waals surface area (Å²) in [5, 5.41) is 5.34. The molecule has 0 bridgehead atoms. The fraction of sp³-hybridized carbons (Fsp3) is 0. The molecular weight excluding hydrogens is 258 g/mol. The van der Waals surface area contributed by atoms with E-state index in [2.05, 4.69) is 29.6 Å². The monoisotopic (exact) mass is 271 g/mol. The molecule has 0 spiro atoms. The number of rotatable bonds is 1. The first-order valence-electron chi connectivity index (χ1n) is 6.93. The molecule has 0 aromatic heterocycles. The van der Waals surface area contributed by atoms with E-state index < -0.39 is 0 Å². The normalized spacial score (nSPS) is 15.2. The van der Waals surface area contributed by atoms with E-state index >= 15 is 0 Å². The van der Waals surface area contributed by atoms with Crippen molar-refractivity contribution >= 4 is 28.5 Å². The van der Waals surface area contributed by atoms with Crippen molar-refractivity contribution in [1.29, 1.82) is 0 Å². The standard InChI is InChI=1S/C19H13NO/c21-19-17-11-4-3-10-16(17)18(20-19)12-14-8-5-7-13-6-1-2-9-15(13)14/h1-12H,(H,20,21)/b18-12-. The van der Waals surface area contributed by atoms with Gasteiger partial charge in [0.2, 0.25) is 0 Å². The van der Waals surface area contributed by atoms with Crippen molar-refractivity contribution in [1.82, 2.24) is 5.32 Å². The van der Waals surface area contributed by atoms with E-state index in [0.29, 0.717) is 0 Å². The minimum absolute atomic E-state index is 0.0305. The van der Waals surface area contributed by atoms with Gasteiger partial charge in [-0.25, -0.2) is 0 Å². The summed E-state index contributed by atoms with van der Waals surface area (Å²) in [5.74, 6) is -0.0305. The molecule has 21 heavy (non-hydrogen) atoms. The van der Waals surface area contributed by atoms with Gasteiger partial charge in [-0.2, -0.15) is 0 Å². The first kappa shape index (κ1) is 11.9. The minimum atomic E-state index is -0.0305. The fourth-order valence-corrected chi connectivity index (χ4v) is 2.82. The summed E-state index contributed by atoms with van der Waals surface area (Å²) in [5.41, 5.74) is 3.69. The van der Waals surface area contributed by atoms with E-state index in [9.17, 15) is 4.79 Å². The van der Waals surface area contributed by atoms with Crippen LogP contribution in [0, 0.1) is 0 Å². The molecule has 2 heteroatoms. The number of amides is 1. The van der Waals surface area contributed by atoms with Gasteiger partial charge >= 0.3 is 0 Å². The van der Waals surface area contributed by atoms with E-state index in [0.717, 1.165) is 22.4 Å². The molecule has 1 heterocycles. The Morgan fingerprint density at radius 2 is 1.48 bits per heavy atom. The molecule has 0 atom stereocenters. The van der Waals surface area contributed by atoms with Crippen LogP contribution in [0.15, 0.2) is 66.7 Å². The second-order valence-corrected chi connectivity index (χ2v) is 5.13. The lowest BCUT2D eigenvalue weighted by Gasteiger charge is -2.04. The lowest BCUT2D eigenvalue weighted by molar-refractivity contribution is 0.0981. The van der Waals surface area contributed by atoms with Crippen LogP contribution in [0.3, 0.4) is 0 Å². The van der Waals surface area contributed by atoms with Crippen LogP contribution in [0.25, 0.3) is 22.5 Å². The van der Waals surface area contributed by atoms with Gasteiger partial charge in [0.1, 0.15) is 0 Å². The van der Waals surface area contributed by atoms with E-state index in [1.807, 2.05) is 48.5 Å². The number of benzene rings is 3. The summed E-state index contributed by atoms with van der Waals surface area (Å²) in [6.45, 7) is 0. The Kier molecular flexibility index (Phi) is 2.61. The Morgan fingerprint density at radius 3 is 2.38 bits per heavy atom. The first-order chi connectivity index (χ1) is 10.3. The molecule has 0 saturated heterocycles. The molecule has 1 aliphatic rings. The molecule has 0 fully saturated rings. The lowest BCUT2D eigenvalue weighted by atomic mass is 10.0. The number of nitrogens with one attached hydrogen (secondary N) is 1. The van der Waals surface area contributed by atoms with Crippen molar-refractivity contribution in [2.24, 2.45) is 0 Å². The van der Waals surface area contributed by atoms with Crippen molar-refractivity contribution in [3.8, 4) is 0 Å². The van der Waals surface area contributed by atoms with Gasteiger partial charge in [0.15, 0.2) is 0 Å². The third kappa shape index (κ3) is 1.93. The van der Waals surface area contributed by atoms with Crippen LogP contribution >= 0.6 is 0 Å². The van der Waals surface area contributed by atoms with Crippen LogP contribution in [0.2, 0.25) is 0 Å². The lowest BCUT2D eigenvalue weighted by Crippen LogP contribution is -2.11. The highest BCUT2D eigenvalue weighted by Gasteiger charge is 2.22. The third-order valence-electron chi connectivity index (χ3n) is 3.83. The predicted molar refractivity (Wildman–Crippen MR) is 85.7 cm³/mol. The van der Waals surface area contributed by atoms with Crippen LogP contribution in [0.5, 0.6) is 0 Å². The van der Waals surface area contributed by atoms with Gasteiger partial charge in [-0.05, 0) is 28.5 Å². The van der Waals surface area contributed by atoms with Gasteiger partial charge in [0.25, 0.3) is 5.91 Å². The molecule has 3 aromatic carbocycles. The second-order valence-electron chi connectivity index (χ2n) is 5.13. The Hall–Kier alpha value is -2.87. The Bertz CT molecular complexity index is 887. The second kappa shape index (κ2) is 4.60. The average Bonchev–Trinajstić information content (AvgIpc) is 2.85. The number of carbonyl (C=O) groups is 1. The molecule has 0 unspecified atom stereocenters. The molecule has 100 valence electrons. The summed E-state index contributed by atoms with van der Waals surface area (Å²) in [6, 6.07) is 22.1. The Morgan fingerprint density at radius 1 is 0.762 bits per heavy atom. The Labute approximate surface area is 122 Å². The molecule has 0 radical (unpaired) electrons. The van der Waals surface area contributed by atoms with Crippen molar-refractivity contribution < 1.29 is 4.79 Å². The quantitative estimate of drug-likeness (QED) is 0.710. The fourth-order valence-electron chi connectivity index (χ4n) is 2.82. The van der Waals surface area contributed by atoms with Crippen molar-refractivity contribution in [3.63, 3.8) is 0 Å². The highest BCUT2D eigenvalue weighted by molar-refractivity contribution is 6.12. The maximum absolute atomic E-state index is 12.0. The maximum Gasteiger partial charge on any atom is 0.256 e. The van der Waals surface area contributed by atoms with Crippen LogP contribution in [-0.4, -0.2) is 5.91 Å². The summed E-state index contributed by atoms with van der Waals surface area (Å²) in [7, 11) is 0. The highest BCUT2D eigenvalue weighted by atomic mass is 16.1.